The summed E-state index contributed by atoms with van der Waals surface area (Å²) in [7, 11) is 0. The van der Waals surface area contributed by atoms with Crippen LogP contribution in [0.4, 0.5) is 0 Å². The van der Waals surface area contributed by atoms with Crippen LogP contribution in [-0.4, -0.2) is 49.5 Å². The van der Waals surface area contributed by atoms with E-state index in [1.165, 1.54) is 28.6 Å². The molecule has 0 atom stereocenters. The van der Waals surface area contributed by atoms with Gasteiger partial charge in [0.2, 0.25) is 0 Å². The summed E-state index contributed by atoms with van der Waals surface area (Å²) in [5.74, 6) is 0. The summed E-state index contributed by atoms with van der Waals surface area (Å²) in [6.07, 6.45) is 0. The van der Waals surface area contributed by atoms with E-state index in [1.54, 1.807) is 22.5 Å². The van der Waals surface area contributed by atoms with Crippen molar-refractivity contribution in [1.29, 1.82) is 0 Å². The molecule has 0 heterocycles. The molecule has 0 unspecified atom stereocenters. The van der Waals surface area contributed by atoms with Gasteiger partial charge in [-0.3, -0.25) is 0 Å². The summed E-state index contributed by atoms with van der Waals surface area (Å²) in [5.41, 5.74) is 1.40. The first-order chi connectivity index (χ1) is 2.81. The van der Waals surface area contributed by atoms with Gasteiger partial charge in [0.15, 0.2) is 0 Å². The Labute approximate surface area is 65.5 Å². The van der Waals surface area contributed by atoms with Crippen molar-refractivity contribution < 1.29 is 0 Å². The molecule has 0 fully saturated rings. The molecule has 0 bridgehead atoms. The van der Waals surface area contributed by atoms with Crippen LogP contribution in [-0.2, 0) is 0 Å². The van der Waals surface area contributed by atoms with Gasteiger partial charge in [-0.25, -0.2) is 0 Å². The first-order valence-corrected chi connectivity index (χ1v) is 4.75. The van der Waals surface area contributed by atoms with Crippen molar-refractivity contribution in [2.45, 2.75) is 6.92 Å². The van der Waals surface area contributed by atoms with Crippen molar-refractivity contribution in [3.05, 3.63) is 9.60 Å². The van der Waals surface area contributed by atoms with Gasteiger partial charge in [-0.05, 0) is 0 Å². The normalized spacial score (nSPS) is 11.3. The monoisotopic (exact) mass is 296 g/mol. The first-order valence-electron chi connectivity index (χ1n) is 1.62. The van der Waals surface area contributed by atoms with Gasteiger partial charge in [-0.2, -0.15) is 0 Å². The van der Waals surface area contributed by atoms with Gasteiger partial charge in [-0.15, -0.1) is 0 Å². The van der Waals surface area contributed by atoms with Gasteiger partial charge in [0.1, 0.15) is 0 Å². The molecule has 0 amide bonds. The van der Waals surface area contributed by atoms with Gasteiger partial charge in [-0.1, -0.05) is 0 Å². The molecule has 2 radical (unpaired) electrons. The fourth-order valence-corrected chi connectivity index (χ4v) is 1.68. The van der Waals surface area contributed by atoms with Crippen LogP contribution in [0.2, 0.25) is 0 Å². The van der Waals surface area contributed by atoms with E-state index in [0.29, 0.717) is 0 Å². The summed E-state index contributed by atoms with van der Waals surface area (Å²) in [6.45, 7) is 2.12. The number of hydrogen-bond acceptors (Lipinski definition) is 0. The van der Waals surface area contributed by atoms with E-state index < -0.39 is 0 Å². The Morgan fingerprint density at radius 1 is 1.83 bits per heavy atom. The molecule has 0 saturated carbocycles. The van der Waals surface area contributed by atoms with Crippen LogP contribution in [0, 0.1) is 0 Å². The number of rotatable bonds is 1. The minimum absolute atomic E-state index is 1.40. The summed E-state index contributed by atoms with van der Waals surface area (Å²) in [5, 5.41) is 0. The van der Waals surface area contributed by atoms with Crippen LogP contribution >= 0.6 is 0 Å². The van der Waals surface area contributed by atoms with Crippen LogP contribution in [0.15, 0.2) is 9.60 Å². The van der Waals surface area contributed by atoms with Crippen LogP contribution in [0.25, 0.3) is 0 Å². The fourth-order valence-electron chi connectivity index (χ4n) is 0.0373. The van der Waals surface area contributed by atoms with Crippen molar-refractivity contribution in [2.24, 2.45) is 0 Å². The second kappa shape index (κ2) is 4.41. The summed E-state index contributed by atoms with van der Waals surface area (Å²) in [6, 6.07) is 0. The molecule has 0 aromatic heterocycles. The average Bonchev–Trinajstić information content (AvgIpc) is 1.65. The SMILES string of the molecule is CC([CH]=[Sb])=[CH][SbH]. The topological polar surface area (TPSA) is 0 Å². The third-order valence-corrected chi connectivity index (χ3v) is 2.89. The number of hydrogen-bond donors (Lipinski definition) is 0. The third-order valence-electron chi connectivity index (χ3n) is 0.431. The van der Waals surface area contributed by atoms with Gasteiger partial charge in [0.05, 0.1) is 0 Å². The molecule has 0 rings (SSSR count). The van der Waals surface area contributed by atoms with Crippen molar-refractivity contribution >= 4 is 49.5 Å². The van der Waals surface area contributed by atoms with Gasteiger partial charge in [0, 0.05) is 0 Å². The van der Waals surface area contributed by atoms with Crippen LogP contribution < -0.4 is 0 Å². The first kappa shape index (κ1) is 7.25. The van der Waals surface area contributed by atoms with E-state index in [-0.39, 0.29) is 0 Å². The Hall–Kier alpha value is 1.25. The summed E-state index contributed by atoms with van der Waals surface area (Å²) < 4.78 is 4.34. The van der Waals surface area contributed by atoms with Crippen molar-refractivity contribution in [3.63, 3.8) is 0 Å². The zero-order valence-corrected chi connectivity index (χ0v) is 9.01. The molecule has 0 aliphatic heterocycles. The fraction of sp³-hybridized carbons (Fsp3) is 0.250. The zero-order chi connectivity index (χ0) is 4.99. The molecule has 0 aliphatic carbocycles. The zero-order valence-electron chi connectivity index (χ0n) is 3.60. The second-order valence-corrected chi connectivity index (χ2v) is 2.58. The minimum atomic E-state index is 1.40. The predicted octanol–water partition coefficient (Wildman–Crippen LogP) is -0.238. The Bertz CT molecular complexity index is 73.6. The second-order valence-electron chi connectivity index (χ2n) is 1.02. The van der Waals surface area contributed by atoms with E-state index in [1.807, 2.05) is 0 Å². The molecule has 0 spiro atoms. The molecule has 0 aromatic rings. The van der Waals surface area contributed by atoms with Gasteiger partial charge in [0.25, 0.3) is 0 Å². The van der Waals surface area contributed by atoms with Crippen molar-refractivity contribution in [2.75, 3.05) is 0 Å². The predicted molar refractivity (Wildman–Crippen MR) is 32.7 cm³/mol. The maximum atomic E-state index is 2.19. The van der Waals surface area contributed by atoms with E-state index in [2.05, 4.69) is 14.9 Å². The molecule has 32 valence electrons. The average molecular weight is 298 g/mol. The molecule has 0 N–H and O–H groups in total. The maximum absolute atomic E-state index is 2.19. The standard InChI is InChI=1S/C4H5.2Sb.H/c1-4(2)3;;;/h1-2H,3H3;;;. The molecule has 0 aliphatic rings. The molecule has 0 aromatic carbocycles. The Morgan fingerprint density at radius 3 is 2.33 bits per heavy atom. The van der Waals surface area contributed by atoms with Crippen LogP contribution in [0.3, 0.4) is 0 Å². The molecule has 0 saturated heterocycles. The molecule has 2 heteroatoms. The van der Waals surface area contributed by atoms with Gasteiger partial charge >= 0.3 is 66.0 Å². The number of allylic oxidation sites excluding steroid dienone is 1. The van der Waals surface area contributed by atoms with Crippen molar-refractivity contribution in [1.82, 2.24) is 0 Å². The quantitative estimate of drug-likeness (QED) is 0.586. The van der Waals surface area contributed by atoms with Crippen LogP contribution in [0.5, 0.6) is 0 Å². The molecular formula is C4H6Sb2. The van der Waals surface area contributed by atoms with E-state index >= 15 is 0 Å². The third kappa shape index (κ3) is 3.44. The Kier molecular flexibility index (Phi) is 5.32. The van der Waals surface area contributed by atoms with Crippen LogP contribution in [0.1, 0.15) is 6.92 Å². The van der Waals surface area contributed by atoms with E-state index in [4.69, 9.17) is 0 Å². The van der Waals surface area contributed by atoms with Gasteiger partial charge < -0.3 is 0 Å². The molecule has 6 heavy (non-hydrogen) atoms. The van der Waals surface area contributed by atoms with E-state index in [9.17, 15) is 0 Å². The Morgan fingerprint density at radius 2 is 2.33 bits per heavy atom. The summed E-state index contributed by atoms with van der Waals surface area (Å²) >= 11 is 3.24. The molecular weight excluding hydrogens is 292 g/mol. The Balaban J connectivity index is 3.50. The van der Waals surface area contributed by atoms with Crippen molar-refractivity contribution in [3.8, 4) is 0 Å². The van der Waals surface area contributed by atoms with E-state index in [0.717, 1.165) is 0 Å². The summed E-state index contributed by atoms with van der Waals surface area (Å²) in [4.78, 5) is 0. The molecule has 0 nitrogen and oxygen atoms in total.